The van der Waals surface area contributed by atoms with Crippen molar-refractivity contribution in [3.05, 3.63) is 24.3 Å². The lowest BCUT2D eigenvalue weighted by atomic mass is 10.2. The Balaban J connectivity index is 2.62. The van der Waals surface area contributed by atoms with Crippen LogP contribution in [-0.2, 0) is 4.74 Å². The minimum absolute atomic E-state index is 0.177. The zero-order valence-corrected chi connectivity index (χ0v) is 10.5. The lowest BCUT2D eigenvalue weighted by molar-refractivity contribution is 0.106. The van der Waals surface area contributed by atoms with Gasteiger partial charge in [0.05, 0.1) is 12.7 Å². The molecule has 16 heavy (non-hydrogen) atoms. The molecule has 90 valence electrons. The molecule has 3 heteroatoms. The highest BCUT2D eigenvalue weighted by atomic mass is 16.5. The maximum Gasteiger partial charge on any atom is 0.121 e. The Morgan fingerprint density at radius 2 is 2.06 bits per heavy atom. The molecular formula is C13H21NO2. The molecule has 2 unspecified atom stereocenters. The van der Waals surface area contributed by atoms with E-state index in [9.17, 15) is 0 Å². The van der Waals surface area contributed by atoms with E-state index in [-0.39, 0.29) is 12.1 Å². The van der Waals surface area contributed by atoms with Gasteiger partial charge in [-0.3, -0.25) is 0 Å². The van der Waals surface area contributed by atoms with Crippen LogP contribution >= 0.6 is 0 Å². The first-order valence-electron chi connectivity index (χ1n) is 5.69. The fraction of sp³-hybridized carbons (Fsp3) is 0.538. The molecule has 0 radical (unpaired) electrons. The van der Waals surface area contributed by atoms with Crippen LogP contribution in [0.5, 0.6) is 5.75 Å². The molecule has 3 nitrogen and oxygen atoms in total. The van der Waals surface area contributed by atoms with Crippen molar-refractivity contribution in [2.45, 2.75) is 32.9 Å². The third kappa shape index (κ3) is 3.74. The molecule has 1 rings (SSSR count). The molecule has 0 spiro atoms. The number of methoxy groups -OCH3 is 1. The van der Waals surface area contributed by atoms with Crippen molar-refractivity contribution in [3.63, 3.8) is 0 Å². The fourth-order valence-electron chi connectivity index (χ4n) is 1.43. The van der Waals surface area contributed by atoms with E-state index in [1.165, 1.54) is 0 Å². The number of ether oxygens (including phenoxy) is 2. The van der Waals surface area contributed by atoms with Crippen LogP contribution in [0.2, 0.25) is 0 Å². The minimum atomic E-state index is 0.177. The number of hydrogen-bond acceptors (Lipinski definition) is 3. The Morgan fingerprint density at radius 3 is 2.69 bits per heavy atom. The van der Waals surface area contributed by atoms with Gasteiger partial charge in [0.2, 0.25) is 0 Å². The molecule has 0 aliphatic heterocycles. The van der Waals surface area contributed by atoms with Crippen LogP contribution < -0.4 is 10.1 Å². The van der Waals surface area contributed by atoms with Gasteiger partial charge in [-0.15, -0.1) is 0 Å². The predicted molar refractivity (Wildman–Crippen MR) is 67.2 cm³/mol. The molecule has 0 aliphatic rings. The highest BCUT2D eigenvalue weighted by Crippen LogP contribution is 2.18. The van der Waals surface area contributed by atoms with Crippen molar-refractivity contribution in [1.29, 1.82) is 0 Å². The summed E-state index contributed by atoms with van der Waals surface area (Å²) in [4.78, 5) is 0. The van der Waals surface area contributed by atoms with E-state index in [1.54, 1.807) is 7.11 Å². The first-order valence-corrected chi connectivity index (χ1v) is 5.69. The van der Waals surface area contributed by atoms with Crippen molar-refractivity contribution in [1.82, 2.24) is 0 Å². The molecule has 0 saturated carbocycles. The van der Waals surface area contributed by atoms with E-state index in [2.05, 4.69) is 12.2 Å². The molecular weight excluding hydrogens is 202 g/mol. The Hall–Kier alpha value is -1.22. The third-order valence-electron chi connectivity index (χ3n) is 2.62. The Labute approximate surface area is 97.8 Å². The molecule has 0 aromatic heterocycles. The molecule has 0 aliphatic carbocycles. The van der Waals surface area contributed by atoms with Gasteiger partial charge in [0.25, 0.3) is 0 Å². The second kappa shape index (κ2) is 6.38. The highest BCUT2D eigenvalue weighted by molar-refractivity contribution is 5.48. The average molecular weight is 223 g/mol. The third-order valence-corrected chi connectivity index (χ3v) is 2.62. The van der Waals surface area contributed by atoms with Crippen LogP contribution in [0.25, 0.3) is 0 Å². The van der Waals surface area contributed by atoms with Crippen LogP contribution in [0.15, 0.2) is 24.3 Å². The molecule has 2 atom stereocenters. The maximum atomic E-state index is 5.44. The molecule has 1 N–H and O–H groups in total. The zero-order chi connectivity index (χ0) is 12.0. The fourth-order valence-corrected chi connectivity index (χ4v) is 1.43. The summed E-state index contributed by atoms with van der Waals surface area (Å²) in [6.45, 7) is 6.81. The topological polar surface area (TPSA) is 30.5 Å². The number of rotatable bonds is 6. The van der Waals surface area contributed by atoms with E-state index >= 15 is 0 Å². The van der Waals surface area contributed by atoms with Crippen LogP contribution in [0.3, 0.4) is 0 Å². The van der Waals surface area contributed by atoms with Crippen molar-refractivity contribution in [3.8, 4) is 5.75 Å². The Morgan fingerprint density at radius 1 is 1.31 bits per heavy atom. The summed E-state index contributed by atoms with van der Waals surface area (Å²) in [6, 6.07) is 8.24. The van der Waals surface area contributed by atoms with E-state index in [0.29, 0.717) is 6.61 Å². The number of anilines is 1. The molecule has 0 heterocycles. The van der Waals surface area contributed by atoms with Crippen LogP contribution in [0.1, 0.15) is 20.8 Å². The minimum Gasteiger partial charge on any atom is -0.494 e. The summed E-state index contributed by atoms with van der Waals surface area (Å²) in [5.41, 5.74) is 1.06. The van der Waals surface area contributed by atoms with Crippen LogP contribution in [-0.4, -0.2) is 25.9 Å². The van der Waals surface area contributed by atoms with Crippen LogP contribution in [0.4, 0.5) is 5.69 Å². The Kier molecular flexibility index (Phi) is 5.12. The van der Waals surface area contributed by atoms with E-state index in [0.717, 1.165) is 11.4 Å². The molecule has 0 fully saturated rings. The van der Waals surface area contributed by atoms with E-state index < -0.39 is 0 Å². The number of nitrogens with one attached hydrogen (secondary N) is 1. The second-order valence-corrected chi connectivity index (χ2v) is 3.83. The monoisotopic (exact) mass is 223 g/mol. The molecule has 0 bridgehead atoms. The summed E-state index contributed by atoms with van der Waals surface area (Å²) in [6.07, 6.45) is 0.177. The summed E-state index contributed by atoms with van der Waals surface area (Å²) in [5.74, 6) is 0.893. The van der Waals surface area contributed by atoms with E-state index in [4.69, 9.17) is 9.47 Å². The summed E-state index contributed by atoms with van der Waals surface area (Å²) in [5, 5.41) is 3.39. The first-order chi connectivity index (χ1) is 7.67. The number of hydrogen-bond donors (Lipinski definition) is 1. The highest BCUT2D eigenvalue weighted by Gasteiger charge is 2.10. The lowest BCUT2D eigenvalue weighted by Gasteiger charge is -2.21. The van der Waals surface area contributed by atoms with Gasteiger partial charge < -0.3 is 14.8 Å². The quantitative estimate of drug-likeness (QED) is 0.804. The molecule has 0 saturated heterocycles. The smallest absolute Gasteiger partial charge is 0.121 e. The van der Waals surface area contributed by atoms with Crippen molar-refractivity contribution < 1.29 is 9.47 Å². The van der Waals surface area contributed by atoms with Gasteiger partial charge in [0.1, 0.15) is 5.75 Å². The van der Waals surface area contributed by atoms with Gasteiger partial charge in [0.15, 0.2) is 0 Å². The van der Waals surface area contributed by atoms with Gasteiger partial charge in [-0.05, 0) is 32.9 Å². The SMILES string of the molecule is CCOc1cccc(NC(C)C(C)OC)c1. The maximum absolute atomic E-state index is 5.44. The zero-order valence-electron chi connectivity index (χ0n) is 10.5. The molecule has 0 amide bonds. The van der Waals surface area contributed by atoms with E-state index in [1.807, 2.05) is 38.1 Å². The van der Waals surface area contributed by atoms with Gasteiger partial charge in [0, 0.05) is 24.9 Å². The predicted octanol–water partition coefficient (Wildman–Crippen LogP) is 2.92. The van der Waals surface area contributed by atoms with Gasteiger partial charge in [-0.25, -0.2) is 0 Å². The van der Waals surface area contributed by atoms with Gasteiger partial charge >= 0.3 is 0 Å². The Bertz CT molecular complexity index is 315. The standard InChI is InChI=1S/C13H21NO2/c1-5-16-13-8-6-7-12(9-13)14-10(2)11(3)15-4/h6-11,14H,5H2,1-4H3. The van der Waals surface area contributed by atoms with Gasteiger partial charge in [-0.1, -0.05) is 6.07 Å². The van der Waals surface area contributed by atoms with Crippen molar-refractivity contribution in [2.24, 2.45) is 0 Å². The normalized spacial score (nSPS) is 14.2. The van der Waals surface area contributed by atoms with Crippen molar-refractivity contribution >= 4 is 5.69 Å². The number of benzene rings is 1. The lowest BCUT2D eigenvalue weighted by Crippen LogP contribution is -2.29. The molecule has 1 aromatic carbocycles. The summed E-state index contributed by atoms with van der Waals surface area (Å²) < 4.78 is 10.7. The average Bonchev–Trinajstić information content (AvgIpc) is 2.29. The van der Waals surface area contributed by atoms with Crippen molar-refractivity contribution in [2.75, 3.05) is 19.0 Å². The summed E-state index contributed by atoms with van der Waals surface area (Å²) >= 11 is 0. The summed E-state index contributed by atoms with van der Waals surface area (Å²) in [7, 11) is 1.72. The van der Waals surface area contributed by atoms with Gasteiger partial charge in [-0.2, -0.15) is 0 Å². The molecule has 1 aromatic rings. The largest absolute Gasteiger partial charge is 0.494 e. The van der Waals surface area contributed by atoms with Crippen LogP contribution in [0, 0.1) is 0 Å². The first kappa shape index (κ1) is 12.8. The second-order valence-electron chi connectivity index (χ2n) is 3.83.